The molecule has 1 aliphatic rings. The van der Waals surface area contributed by atoms with E-state index < -0.39 is 0 Å². The quantitative estimate of drug-likeness (QED) is 0.438. The molecule has 0 bridgehead atoms. The Kier molecular flexibility index (Phi) is 8.38. The Morgan fingerprint density at radius 3 is 2.90 bits per heavy atom. The van der Waals surface area contributed by atoms with Crippen molar-refractivity contribution in [3.05, 3.63) is 11.7 Å². The molecule has 2 N–H and O–H groups in total. The minimum atomic E-state index is 0. The van der Waals surface area contributed by atoms with Crippen LogP contribution in [0.5, 0.6) is 0 Å². The highest BCUT2D eigenvalue weighted by atomic mass is 127. The number of nitrogens with zero attached hydrogens (tertiary/aromatic N) is 3. The lowest BCUT2D eigenvalue weighted by Crippen LogP contribution is -2.45. The summed E-state index contributed by atoms with van der Waals surface area (Å²) in [7, 11) is 1.78. The van der Waals surface area contributed by atoms with Crippen LogP contribution in [-0.4, -0.2) is 40.7 Å². The van der Waals surface area contributed by atoms with Gasteiger partial charge in [-0.05, 0) is 25.5 Å². The van der Waals surface area contributed by atoms with E-state index in [-0.39, 0.29) is 24.0 Å². The third-order valence-electron chi connectivity index (χ3n) is 3.51. The van der Waals surface area contributed by atoms with E-state index in [4.69, 9.17) is 4.52 Å². The van der Waals surface area contributed by atoms with Gasteiger partial charge in [-0.2, -0.15) is 16.7 Å². The zero-order valence-corrected chi connectivity index (χ0v) is 15.9. The number of aromatic nitrogens is 2. The Morgan fingerprint density at radius 2 is 2.29 bits per heavy atom. The molecule has 1 aliphatic carbocycles. The first-order chi connectivity index (χ1) is 9.71. The molecule has 1 saturated carbocycles. The number of aliphatic imine (C=N–C) groups is 1. The zero-order valence-electron chi connectivity index (χ0n) is 12.8. The van der Waals surface area contributed by atoms with Crippen LogP contribution in [0, 0.1) is 6.92 Å². The summed E-state index contributed by atoms with van der Waals surface area (Å²) < 4.78 is 4.94. The summed E-state index contributed by atoms with van der Waals surface area (Å²) in [5.41, 5.74) is 0. The van der Waals surface area contributed by atoms with E-state index in [2.05, 4.69) is 32.0 Å². The first-order valence-electron chi connectivity index (χ1n) is 7.00. The van der Waals surface area contributed by atoms with Crippen molar-refractivity contribution in [2.24, 2.45) is 4.99 Å². The summed E-state index contributed by atoms with van der Waals surface area (Å²) in [5.74, 6) is 2.04. The molecule has 0 saturated heterocycles. The van der Waals surface area contributed by atoms with Gasteiger partial charge in [0.1, 0.15) is 0 Å². The average molecular weight is 425 g/mol. The zero-order chi connectivity index (χ0) is 14.4. The molecule has 1 fully saturated rings. The molecule has 2 atom stereocenters. The molecule has 120 valence electrons. The van der Waals surface area contributed by atoms with Crippen molar-refractivity contribution in [3.8, 4) is 0 Å². The maximum Gasteiger partial charge on any atom is 0.223 e. The lowest BCUT2D eigenvalue weighted by Gasteiger charge is -2.29. The number of halogens is 1. The Bertz CT molecular complexity index is 454. The van der Waals surface area contributed by atoms with Crippen molar-refractivity contribution in [3.63, 3.8) is 0 Å². The van der Waals surface area contributed by atoms with E-state index in [0.717, 1.165) is 11.2 Å². The van der Waals surface area contributed by atoms with Gasteiger partial charge >= 0.3 is 0 Å². The molecule has 1 aromatic heterocycles. The number of hydrogen-bond donors (Lipinski definition) is 2. The molecule has 0 spiro atoms. The summed E-state index contributed by atoms with van der Waals surface area (Å²) in [6.45, 7) is 2.31. The molecule has 0 aliphatic heterocycles. The Morgan fingerprint density at radius 1 is 1.48 bits per heavy atom. The van der Waals surface area contributed by atoms with Crippen LogP contribution in [0.1, 0.15) is 37.4 Å². The standard InChI is InChI=1S/C13H23N5OS.HI/c1-9-16-12(18-19-9)8-15-13(14-2)17-10-5-4-6-11(7-10)20-3;/h10-11H,4-8H2,1-3H3,(H2,14,15,17);1H. The summed E-state index contributed by atoms with van der Waals surface area (Å²) in [5, 5.41) is 11.3. The molecule has 2 unspecified atom stereocenters. The summed E-state index contributed by atoms with van der Waals surface area (Å²) in [4.78, 5) is 8.42. The second-order valence-electron chi connectivity index (χ2n) is 5.02. The summed E-state index contributed by atoms with van der Waals surface area (Å²) in [6, 6.07) is 0.499. The van der Waals surface area contributed by atoms with Crippen molar-refractivity contribution < 1.29 is 4.52 Å². The SMILES string of the molecule is CN=C(NCc1noc(C)n1)NC1CCCC(SC)C1.I. The molecule has 1 heterocycles. The minimum absolute atomic E-state index is 0. The maximum atomic E-state index is 4.94. The predicted octanol–water partition coefficient (Wildman–Crippen LogP) is 2.34. The van der Waals surface area contributed by atoms with Gasteiger partial charge in [0.25, 0.3) is 0 Å². The first kappa shape index (κ1) is 18.5. The maximum absolute atomic E-state index is 4.94. The van der Waals surface area contributed by atoms with Crippen LogP contribution in [0.3, 0.4) is 0 Å². The first-order valence-corrected chi connectivity index (χ1v) is 8.29. The molecule has 0 amide bonds. The van der Waals surface area contributed by atoms with Gasteiger partial charge in [-0.3, -0.25) is 4.99 Å². The van der Waals surface area contributed by atoms with Gasteiger partial charge in [0.15, 0.2) is 11.8 Å². The third-order valence-corrected chi connectivity index (χ3v) is 4.60. The second kappa shape index (κ2) is 9.50. The van der Waals surface area contributed by atoms with E-state index >= 15 is 0 Å². The van der Waals surface area contributed by atoms with Gasteiger partial charge < -0.3 is 15.2 Å². The fourth-order valence-electron chi connectivity index (χ4n) is 2.45. The topological polar surface area (TPSA) is 75.3 Å². The highest BCUT2D eigenvalue weighted by Crippen LogP contribution is 2.26. The molecular formula is C13H24IN5OS. The lowest BCUT2D eigenvalue weighted by atomic mass is 9.95. The van der Waals surface area contributed by atoms with Crippen LogP contribution in [0.4, 0.5) is 0 Å². The van der Waals surface area contributed by atoms with Crippen LogP contribution >= 0.6 is 35.7 Å². The number of aryl methyl sites for hydroxylation is 1. The number of guanidine groups is 1. The molecule has 2 rings (SSSR count). The molecular weight excluding hydrogens is 401 g/mol. The highest BCUT2D eigenvalue weighted by Gasteiger charge is 2.21. The Hall–Kier alpha value is -0.510. The van der Waals surface area contributed by atoms with E-state index in [1.165, 1.54) is 25.7 Å². The average Bonchev–Trinajstić information content (AvgIpc) is 2.89. The van der Waals surface area contributed by atoms with Crippen molar-refractivity contribution in [1.82, 2.24) is 20.8 Å². The lowest BCUT2D eigenvalue weighted by molar-refractivity contribution is 0.386. The van der Waals surface area contributed by atoms with Gasteiger partial charge in [0.2, 0.25) is 5.89 Å². The van der Waals surface area contributed by atoms with Crippen molar-refractivity contribution in [1.29, 1.82) is 0 Å². The summed E-state index contributed by atoms with van der Waals surface area (Å²) >= 11 is 1.96. The monoisotopic (exact) mass is 425 g/mol. The van der Waals surface area contributed by atoms with E-state index in [1.807, 2.05) is 11.8 Å². The number of rotatable bonds is 4. The van der Waals surface area contributed by atoms with Gasteiger partial charge in [-0.25, -0.2) is 0 Å². The van der Waals surface area contributed by atoms with Crippen molar-refractivity contribution >= 4 is 41.7 Å². The molecule has 0 aromatic carbocycles. The normalized spacial score (nSPS) is 22.5. The molecule has 8 heteroatoms. The molecule has 21 heavy (non-hydrogen) atoms. The molecule has 1 aromatic rings. The minimum Gasteiger partial charge on any atom is -0.354 e. The number of nitrogens with one attached hydrogen (secondary N) is 2. The largest absolute Gasteiger partial charge is 0.354 e. The van der Waals surface area contributed by atoms with Gasteiger partial charge in [0, 0.05) is 25.3 Å². The van der Waals surface area contributed by atoms with Crippen LogP contribution in [0.15, 0.2) is 9.52 Å². The van der Waals surface area contributed by atoms with E-state index in [0.29, 0.717) is 24.3 Å². The molecule has 0 radical (unpaired) electrons. The highest BCUT2D eigenvalue weighted by molar-refractivity contribution is 14.0. The fraction of sp³-hybridized carbons (Fsp3) is 0.769. The van der Waals surface area contributed by atoms with Crippen LogP contribution < -0.4 is 10.6 Å². The Labute approximate surface area is 147 Å². The van der Waals surface area contributed by atoms with Crippen LogP contribution in [0.25, 0.3) is 0 Å². The number of thioether (sulfide) groups is 1. The summed E-state index contributed by atoms with van der Waals surface area (Å²) in [6.07, 6.45) is 7.21. The van der Waals surface area contributed by atoms with Crippen LogP contribution in [-0.2, 0) is 6.54 Å². The fourth-order valence-corrected chi connectivity index (χ4v) is 3.28. The molecule has 6 nitrogen and oxygen atoms in total. The second-order valence-corrected chi connectivity index (χ2v) is 6.16. The van der Waals surface area contributed by atoms with Crippen LogP contribution in [0.2, 0.25) is 0 Å². The predicted molar refractivity (Wildman–Crippen MR) is 97.3 cm³/mol. The van der Waals surface area contributed by atoms with Gasteiger partial charge in [-0.15, -0.1) is 24.0 Å². The Balaban J connectivity index is 0.00000220. The van der Waals surface area contributed by atoms with Crippen molar-refractivity contribution in [2.45, 2.75) is 50.4 Å². The van der Waals surface area contributed by atoms with E-state index in [9.17, 15) is 0 Å². The number of hydrogen-bond acceptors (Lipinski definition) is 5. The van der Waals surface area contributed by atoms with E-state index in [1.54, 1.807) is 14.0 Å². The smallest absolute Gasteiger partial charge is 0.223 e. The van der Waals surface area contributed by atoms with Gasteiger partial charge in [0.05, 0.1) is 6.54 Å². The van der Waals surface area contributed by atoms with Gasteiger partial charge in [-0.1, -0.05) is 11.6 Å². The third kappa shape index (κ3) is 6.01. The van der Waals surface area contributed by atoms with Crippen molar-refractivity contribution in [2.75, 3.05) is 13.3 Å².